The van der Waals surface area contributed by atoms with E-state index in [-0.39, 0.29) is 46.8 Å². The van der Waals surface area contributed by atoms with Gasteiger partial charge in [-0.15, -0.1) is 0 Å². The summed E-state index contributed by atoms with van der Waals surface area (Å²) in [6.07, 6.45) is 5.41. The van der Waals surface area contributed by atoms with Crippen LogP contribution in [-0.2, 0) is 9.59 Å². The van der Waals surface area contributed by atoms with E-state index in [1.54, 1.807) is 12.1 Å². The van der Waals surface area contributed by atoms with Crippen molar-refractivity contribution in [2.75, 3.05) is 10.6 Å². The average Bonchev–Trinajstić information content (AvgIpc) is 2.65. The van der Waals surface area contributed by atoms with Gasteiger partial charge in [0.15, 0.2) is 23.1 Å². The van der Waals surface area contributed by atoms with Gasteiger partial charge < -0.3 is 20.8 Å². The van der Waals surface area contributed by atoms with E-state index >= 15 is 0 Å². The van der Waals surface area contributed by atoms with Crippen LogP contribution in [0.15, 0.2) is 36.7 Å². The van der Waals surface area contributed by atoms with Crippen molar-refractivity contribution < 1.29 is 19.8 Å². The van der Waals surface area contributed by atoms with Crippen LogP contribution in [0.1, 0.15) is 25.7 Å². The van der Waals surface area contributed by atoms with Crippen LogP contribution in [0.25, 0.3) is 0 Å². The highest BCUT2D eigenvalue weighted by Crippen LogP contribution is 2.32. The van der Waals surface area contributed by atoms with Crippen molar-refractivity contribution >= 4 is 23.5 Å². The van der Waals surface area contributed by atoms with Crippen LogP contribution in [-0.4, -0.2) is 32.0 Å². The Labute approximate surface area is 150 Å². The summed E-state index contributed by atoms with van der Waals surface area (Å²) >= 11 is 0. The van der Waals surface area contributed by atoms with Gasteiger partial charge in [0.05, 0.1) is 0 Å². The second kappa shape index (κ2) is 7.81. The zero-order valence-corrected chi connectivity index (χ0v) is 14.1. The SMILES string of the molecule is O=C(Nc1ncccc1O)C1CCCC(C(=O)Nc2ncccc2O)C1. The molecule has 0 radical (unpaired) electrons. The first-order valence-corrected chi connectivity index (χ1v) is 8.44. The minimum absolute atomic E-state index is 0.100. The van der Waals surface area contributed by atoms with Crippen molar-refractivity contribution in [1.82, 2.24) is 9.97 Å². The molecule has 2 atom stereocenters. The fraction of sp³-hybridized carbons (Fsp3) is 0.333. The van der Waals surface area contributed by atoms with Crippen LogP contribution in [0.5, 0.6) is 11.5 Å². The van der Waals surface area contributed by atoms with Crippen molar-refractivity contribution in [3.05, 3.63) is 36.7 Å². The Morgan fingerprint density at radius 1 is 0.885 bits per heavy atom. The lowest BCUT2D eigenvalue weighted by atomic mass is 9.80. The summed E-state index contributed by atoms with van der Waals surface area (Å²) in [5.41, 5.74) is 0. The molecule has 0 bridgehead atoms. The topological polar surface area (TPSA) is 124 Å². The van der Waals surface area contributed by atoms with Gasteiger partial charge in [-0.2, -0.15) is 0 Å². The number of carbonyl (C=O) groups is 2. The molecule has 0 saturated heterocycles. The van der Waals surface area contributed by atoms with Crippen LogP contribution >= 0.6 is 0 Å². The second-order valence-electron chi connectivity index (χ2n) is 6.28. The smallest absolute Gasteiger partial charge is 0.228 e. The Hall–Kier alpha value is -3.16. The molecule has 2 heterocycles. The third kappa shape index (κ3) is 4.08. The summed E-state index contributed by atoms with van der Waals surface area (Å²) in [4.78, 5) is 32.8. The number of nitrogens with zero attached hydrogens (tertiary/aromatic N) is 2. The van der Waals surface area contributed by atoms with Crippen LogP contribution in [0.3, 0.4) is 0 Å². The monoisotopic (exact) mass is 356 g/mol. The fourth-order valence-corrected chi connectivity index (χ4v) is 3.09. The number of aromatic nitrogens is 2. The van der Waals surface area contributed by atoms with Gasteiger partial charge in [-0.1, -0.05) is 6.42 Å². The van der Waals surface area contributed by atoms with E-state index in [9.17, 15) is 19.8 Å². The molecule has 1 aliphatic carbocycles. The molecule has 0 aliphatic heterocycles. The summed E-state index contributed by atoms with van der Waals surface area (Å²) in [6, 6.07) is 6.02. The minimum atomic E-state index is -0.349. The molecular formula is C18H20N4O4. The second-order valence-corrected chi connectivity index (χ2v) is 6.28. The van der Waals surface area contributed by atoms with Gasteiger partial charge >= 0.3 is 0 Å². The zero-order valence-electron chi connectivity index (χ0n) is 14.1. The third-order valence-electron chi connectivity index (χ3n) is 4.47. The molecule has 1 aliphatic rings. The highest BCUT2D eigenvalue weighted by molar-refractivity contribution is 5.95. The zero-order chi connectivity index (χ0) is 18.5. The number of rotatable bonds is 4. The van der Waals surface area contributed by atoms with Crippen molar-refractivity contribution in [3.8, 4) is 11.5 Å². The Kier molecular flexibility index (Phi) is 5.31. The first-order valence-electron chi connectivity index (χ1n) is 8.44. The molecule has 1 saturated carbocycles. The van der Waals surface area contributed by atoms with Gasteiger partial charge in [0, 0.05) is 24.2 Å². The molecule has 2 amide bonds. The Bertz CT molecular complexity index is 746. The lowest BCUT2D eigenvalue weighted by Crippen LogP contribution is -2.33. The maximum Gasteiger partial charge on any atom is 0.228 e. The Balaban J connectivity index is 1.61. The van der Waals surface area contributed by atoms with Crippen molar-refractivity contribution in [2.45, 2.75) is 25.7 Å². The van der Waals surface area contributed by atoms with Crippen LogP contribution in [0.4, 0.5) is 11.6 Å². The number of amides is 2. The molecule has 0 aromatic carbocycles. The van der Waals surface area contributed by atoms with Gasteiger partial charge in [0.25, 0.3) is 0 Å². The summed E-state index contributed by atoms with van der Waals surface area (Å²) < 4.78 is 0. The van der Waals surface area contributed by atoms with Gasteiger partial charge in [-0.3, -0.25) is 9.59 Å². The summed E-state index contributed by atoms with van der Waals surface area (Å²) in [5.74, 6) is -1.20. The quantitative estimate of drug-likeness (QED) is 0.666. The van der Waals surface area contributed by atoms with Crippen LogP contribution in [0, 0.1) is 11.8 Å². The molecular weight excluding hydrogens is 336 g/mol. The summed E-state index contributed by atoms with van der Waals surface area (Å²) in [5, 5.41) is 24.7. The molecule has 1 fully saturated rings. The molecule has 136 valence electrons. The van der Waals surface area contributed by atoms with E-state index in [0.717, 1.165) is 6.42 Å². The number of hydrogen-bond acceptors (Lipinski definition) is 6. The first kappa shape index (κ1) is 17.7. The Morgan fingerprint density at radius 2 is 1.35 bits per heavy atom. The molecule has 3 rings (SSSR count). The van der Waals surface area contributed by atoms with Gasteiger partial charge in [-0.25, -0.2) is 9.97 Å². The molecule has 8 heteroatoms. The molecule has 26 heavy (non-hydrogen) atoms. The van der Waals surface area contributed by atoms with E-state index in [1.165, 1.54) is 24.5 Å². The predicted molar refractivity (Wildman–Crippen MR) is 94.5 cm³/mol. The normalized spacial score (nSPS) is 19.5. The fourth-order valence-electron chi connectivity index (χ4n) is 3.09. The van der Waals surface area contributed by atoms with Crippen LogP contribution in [0.2, 0.25) is 0 Å². The number of anilines is 2. The third-order valence-corrected chi connectivity index (χ3v) is 4.47. The van der Waals surface area contributed by atoms with Gasteiger partial charge in [-0.05, 0) is 43.5 Å². The molecule has 4 N–H and O–H groups in total. The minimum Gasteiger partial charge on any atom is -0.504 e. The Morgan fingerprint density at radius 3 is 1.77 bits per heavy atom. The van der Waals surface area contributed by atoms with Crippen LogP contribution < -0.4 is 10.6 Å². The maximum absolute atomic E-state index is 12.5. The lowest BCUT2D eigenvalue weighted by Gasteiger charge is -2.27. The molecule has 2 aromatic rings. The van der Waals surface area contributed by atoms with Crippen molar-refractivity contribution in [3.63, 3.8) is 0 Å². The number of aromatic hydroxyl groups is 2. The number of hydrogen-bond donors (Lipinski definition) is 4. The first-order chi connectivity index (χ1) is 12.5. The standard InChI is InChI=1S/C18H20N4O4/c23-13-6-2-8-19-15(13)21-17(25)11-4-1-5-12(10-11)18(26)22-16-14(24)7-3-9-20-16/h2-3,6-9,11-12,23-24H,1,4-5,10H2,(H,19,21,25)(H,20,22,26). The number of pyridine rings is 2. The van der Waals surface area contributed by atoms with E-state index < -0.39 is 0 Å². The van der Waals surface area contributed by atoms with Crippen molar-refractivity contribution in [1.29, 1.82) is 0 Å². The van der Waals surface area contributed by atoms with E-state index in [0.29, 0.717) is 19.3 Å². The van der Waals surface area contributed by atoms with Gasteiger partial charge in [0.1, 0.15) is 0 Å². The number of carbonyl (C=O) groups excluding carboxylic acids is 2. The number of nitrogens with one attached hydrogen (secondary N) is 2. The molecule has 2 aromatic heterocycles. The molecule has 0 spiro atoms. The summed E-state index contributed by atoms with van der Waals surface area (Å²) in [7, 11) is 0. The van der Waals surface area contributed by atoms with Crippen molar-refractivity contribution in [2.24, 2.45) is 11.8 Å². The maximum atomic E-state index is 12.5. The van der Waals surface area contributed by atoms with E-state index in [4.69, 9.17) is 0 Å². The largest absolute Gasteiger partial charge is 0.504 e. The highest BCUT2D eigenvalue weighted by atomic mass is 16.3. The van der Waals surface area contributed by atoms with E-state index in [1.807, 2.05) is 0 Å². The lowest BCUT2D eigenvalue weighted by molar-refractivity contribution is -0.124. The predicted octanol–water partition coefficient (Wildman–Crippen LogP) is 2.27. The molecule has 2 unspecified atom stereocenters. The molecule has 8 nitrogen and oxygen atoms in total. The highest BCUT2D eigenvalue weighted by Gasteiger charge is 2.32. The average molecular weight is 356 g/mol. The van der Waals surface area contributed by atoms with E-state index in [2.05, 4.69) is 20.6 Å². The summed E-state index contributed by atoms with van der Waals surface area (Å²) in [6.45, 7) is 0. The van der Waals surface area contributed by atoms with Gasteiger partial charge in [0.2, 0.25) is 11.8 Å².